The summed E-state index contributed by atoms with van der Waals surface area (Å²) in [6.45, 7) is 1.31. The van der Waals surface area contributed by atoms with E-state index in [1.807, 2.05) is 41.3 Å². The second kappa shape index (κ2) is 7.60. The van der Waals surface area contributed by atoms with Gasteiger partial charge in [0.15, 0.2) is 0 Å². The number of carbonyl (C=O) groups is 2. The lowest BCUT2D eigenvalue weighted by atomic mass is 9.69. The molecule has 1 saturated heterocycles. The molecule has 0 atom stereocenters. The summed E-state index contributed by atoms with van der Waals surface area (Å²) in [5, 5.41) is 0. The smallest absolute Gasteiger partial charge is 0.314 e. The normalized spacial score (nSPS) is 16.1. The van der Waals surface area contributed by atoms with Crippen molar-refractivity contribution in [1.82, 2.24) is 9.80 Å². The molecule has 3 amide bonds. The van der Waals surface area contributed by atoms with Gasteiger partial charge in [0.05, 0.1) is 0 Å². The van der Waals surface area contributed by atoms with E-state index in [4.69, 9.17) is 5.73 Å². The summed E-state index contributed by atoms with van der Waals surface area (Å²) in [5.41, 5.74) is 7.46. The van der Waals surface area contributed by atoms with Gasteiger partial charge in [0, 0.05) is 25.6 Å². The van der Waals surface area contributed by atoms with Crippen LogP contribution in [0.3, 0.4) is 0 Å². The fourth-order valence-electron chi connectivity index (χ4n) is 3.80. The molecular formula is C21H25N3O2. The number of primary amides is 1. The molecule has 0 saturated carbocycles. The summed E-state index contributed by atoms with van der Waals surface area (Å²) in [6.07, 6.45) is 1.90. The van der Waals surface area contributed by atoms with Gasteiger partial charge in [-0.2, -0.15) is 0 Å². The average Bonchev–Trinajstić information content (AvgIpc) is 2.69. The van der Waals surface area contributed by atoms with Crippen molar-refractivity contribution >= 4 is 11.9 Å². The van der Waals surface area contributed by atoms with Gasteiger partial charge >= 0.3 is 6.03 Å². The number of nitrogens with two attached hydrogens (primary N) is 1. The van der Waals surface area contributed by atoms with Crippen molar-refractivity contribution in [2.45, 2.75) is 18.3 Å². The van der Waals surface area contributed by atoms with Crippen LogP contribution in [0.1, 0.15) is 24.0 Å². The number of likely N-dealkylation sites (N-methyl/N-ethyl adjacent to an activating group) is 1. The van der Waals surface area contributed by atoms with E-state index < -0.39 is 6.03 Å². The molecule has 0 unspecified atom stereocenters. The second-order valence-electron chi connectivity index (χ2n) is 6.93. The molecule has 0 aliphatic carbocycles. The number of urea groups is 1. The highest BCUT2D eigenvalue weighted by molar-refractivity contribution is 5.83. The van der Waals surface area contributed by atoms with Crippen LogP contribution in [0.5, 0.6) is 0 Å². The minimum Gasteiger partial charge on any atom is -0.351 e. The number of hydrogen-bond acceptors (Lipinski definition) is 2. The Balaban J connectivity index is 1.93. The van der Waals surface area contributed by atoms with E-state index in [0.717, 1.165) is 12.8 Å². The minimum atomic E-state index is -0.590. The first-order chi connectivity index (χ1) is 12.5. The fraction of sp³-hybridized carbons (Fsp3) is 0.333. The number of likely N-dealkylation sites (tertiary alicyclic amines) is 1. The number of carbonyl (C=O) groups excluding carboxylic acids is 2. The van der Waals surface area contributed by atoms with Crippen LogP contribution in [-0.4, -0.2) is 48.4 Å². The molecule has 5 nitrogen and oxygen atoms in total. The van der Waals surface area contributed by atoms with E-state index in [1.165, 1.54) is 16.0 Å². The molecule has 26 heavy (non-hydrogen) atoms. The first kappa shape index (κ1) is 18.0. The van der Waals surface area contributed by atoms with Gasteiger partial charge in [-0.3, -0.25) is 4.79 Å². The monoisotopic (exact) mass is 351 g/mol. The summed E-state index contributed by atoms with van der Waals surface area (Å²) in [6, 6.07) is 20.1. The number of rotatable bonds is 4. The molecule has 1 aliphatic heterocycles. The topological polar surface area (TPSA) is 66.6 Å². The van der Waals surface area contributed by atoms with Crippen molar-refractivity contribution in [3.05, 3.63) is 71.8 Å². The summed E-state index contributed by atoms with van der Waals surface area (Å²) in [7, 11) is 1.55. The van der Waals surface area contributed by atoms with E-state index in [1.54, 1.807) is 7.05 Å². The number of nitrogens with zero attached hydrogens (tertiary/aromatic N) is 2. The Hall–Kier alpha value is -2.82. The highest BCUT2D eigenvalue weighted by Gasteiger charge is 2.40. The zero-order valence-corrected chi connectivity index (χ0v) is 15.1. The quantitative estimate of drug-likeness (QED) is 0.920. The molecule has 1 heterocycles. The molecule has 1 aliphatic rings. The lowest BCUT2D eigenvalue weighted by Gasteiger charge is -2.44. The van der Waals surface area contributed by atoms with Crippen LogP contribution in [0.25, 0.3) is 0 Å². The molecule has 0 radical (unpaired) electrons. The maximum absolute atomic E-state index is 12.7. The maximum Gasteiger partial charge on any atom is 0.314 e. The zero-order valence-electron chi connectivity index (χ0n) is 15.1. The van der Waals surface area contributed by atoms with Crippen molar-refractivity contribution in [3.8, 4) is 0 Å². The third-order valence-corrected chi connectivity index (χ3v) is 5.25. The standard InChI is InChI=1S/C21H25N3O2/c1-23(20(22)26)15-19(25)24-14-8-13-21(16-24,17-9-4-2-5-10-17)18-11-6-3-7-12-18/h2-7,9-12H,8,13-16H2,1H3,(H2,22,26). The summed E-state index contributed by atoms with van der Waals surface area (Å²) in [4.78, 5) is 27.1. The highest BCUT2D eigenvalue weighted by atomic mass is 16.2. The third kappa shape index (κ3) is 3.57. The van der Waals surface area contributed by atoms with Gasteiger partial charge in [-0.15, -0.1) is 0 Å². The molecule has 0 bridgehead atoms. The number of piperidine rings is 1. The summed E-state index contributed by atoms with van der Waals surface area (Å²) < 4.78 is 0. The number of hydrogen-bond donors (Lipinski definition) is 1. The van der Waals surface area contributed by atoms with E-state index in [2.05, 4.69) is 24.3 Å². The predicted molar refractivity (Wildman–Crippen MR) is 102 cm³/mol. The van der Waals surface area contributed by atoms with Crippen LogP contribution in [0.4, 0.5) is 4.79 Å². The largest absolute Gasteiger partial charge is 0.351 e. The Morgan fingerprint density at radius 1 is 1.04 bits per heavy atom. The molecule has 2 N–H and O–H groups in total. The van der Waals surface area contributed by atoms with Crippen molar-refractivity contribution in [2.24, 2.45) is 5.73 Å². The van der Waals surface area contributed by atoms with Crippen LogP contribution in [-0.2, 0) is 10.2 Å². The van der Waals surface area contributed by atoms with Gasteiger partial charge in [0.2, 0.25) is 5.91 Å². The van der Waals surface area contributed by atoms with Crippen LogP contribution >= 0.6 is 0 Å². The van der Waals surface area contributed by atoms with E-state index >= 15 is 0 Å². The SMILES string of the molecule is CN(CC(=O)N1CCCC(c2ccccc2)(c2ccccc2)C1)C(N)=O. The molecule has 0 spiro atoms. The Morgan fingerprint density at radius 2 is 1.58 bits per heavy atom. The fourth-order valence-corrected chi connectivity index (χ4v) is 3.80. The van der Waals surface area contributed by atoms with Crippen LogP contribution in [0.2, 0.25) is 0 Å². The van der Waals surface area contributed by atoms with Crippen LogP contribution in [0.15, 0.2) is 60.7 Å². The lowest BCUT2D eigenvalue weighted by Crippen LogP contribution is -2.52. The van der Waals surface area contributed by atoms with Gasteiger partial charge in [-0.1, -0.05) is 60.7 Å². The van der Waals surface area contributed by atoms with E-state index in [0.29, 0.717) is 13.1 Å². The average molecular weight is 351 g/mol. The van der Waals surface area contributed by atoms with Crippen LogP contribution in [0, 0.1) is 0 Å². The molecule has 1 fully saturated rings. The van der Waals surface area contributed by atoms with Crippen molar-refractivity contribution < 1.29 is 9.59 Å². The maximum atomic E-state index is 12.7. The Bertz CT molecular complexity index is 722. The Kier molecular flexibility index (Phi) is 5.26. The van der Waals surface area contributed by atoms with E-state index in [-0.39, 0.29) is 17.9 Å². The predicted octanol–water partition coefficient (Wildman–Crippen LogP) is 2.61. The number of amides is 3. The van der Waals surface area contributed by atoms with Gasteiger partial charge in [-0.05, 0) is 24.0 Å². The molecule has 5 heteroatoms. The highest BCUT2D eigenvalue weighted by Crippen LogP contribution is 2.40. The third-order valence-electron chi connectivity index (χ3n) is 5.25. The molecule has 2 aromatic carbocycles. The minimum absolute atomic E-state index is 0.00892. The first-order valence-electron chi connectivity index (χ1n) is 8.92. The van der Waals surface area contributed by atoms with Crippen molar-refractivity contribution in [2.75, 3.05) is 26.7 Å². The molecule has 136 valence electrons. The lowest BCUT2D eigenvalue weighted by molar-refractivity contribution is -0.133. The van der Waals surface area contributed by atoms with E-state index in [9.17, 15) is 9.59 Å². The Morgan fingerprint density at radius 3 is 2.08 bits per heavy atom. The van der Waals surface area contributed by atoms with Gasteiger partial charge in [0.25, 0.3) is 0 Å². The first-order valence-corrected chi connectivity index (χ1v) is 8.92. The summed E-state index contributed by atoms with van der Waals surface area (Å²) >= 11 is 0. The summed E-state index contributed by atoms with van der Waals surface area (Å²) in [5.74, 6) is -0.0674. The van der Waals surface area contributed by atoms with Gasteiger partial charge < -0.3 is 15.5 Å². The van der Waals surface area contributed by atoms with Crippen molar-refractivity contribution in [3.63, 3.8) is 0 Å². The molecular weight excluding hydrogens is 326 g/mol. The molecule has 2 aromatic rings. The molecule has 0 aromatic heterocycles. The Labute approximate surface area is 154 Å². The second-order valence-corrected chi connectivity index (χ2v) is 6.93. The van der Waals surface area contributed by atoms with Crippen LogP contribution < -0.4 is 5.73 Å². The van der Waals surface area contributed by atoms with Crippen molar-refractivity contribution in [1.29, 1.82) is 0 Å². The number of benzene rings is 2. The molecule has 3 rings (SSSR count). The van der Waals surface area contributed by atoms with Gasteiger partial charge in [-0.25, -0.2) is 4.79 Å². The van der Waals surface area contributed by atoms with Gasteiger partial charge in [0.1, 0.15) is 6.54 Å². The zero-order chi connectivity index (χ0) is 18.6.